The molecule has 1 unspecified atom stereocenters. The van der Waals surface area contributed by atoms with Gasteiger partial charge in [-0.2, -0.15) is 5.10 Å². The number of hydrogen-bond donors (Lipinski definition) is 1. The summed E-state index contributed by atoms with van der Waals surface area (Å²) in [5.74, 6) is 0.825. The maximum absolute atomic E-state index is 13.0. The van der Waals surface area contributed by atoms with Crippen LogP contribution in [0, 0.1) is 0 Å². The second-order valence-corrected chi connectivity index (χ2v) is 8.07. The number of carbonyl (C=O) groups excluding carboxylic acids is 1. The Hall–Kier alpha value is -3.35. The smallest absolute Gasteiger partial charge is 0.259 e. The molecule has 1 aromatic carbocycles. The fourth-order valence-corrected chi connectivity index (χ4v) is 4.42. The lowest BCUT2D eigenvalue weighted by molar-refractivity contribution is 0.0989. The number of aryl methyl sites for hydroxylation is 1. The summed E-state index contributed by atoms with van der Waals surface area (Å²) in [5.41, 5.74) is 4.02. The van der Waals surface area contributed by atoms with Crippen molar-refractivity contribution in [3.05, 3.63) is 66.1 Å². The first-order chi connectivity index (χ1) is 14.7. The molecule has 154 valence electrons. The summed E-state index contributed by atoms with van der Waals surface area (Å²) in [6.07, 6.45) is 8.79. The average Bonchev–Trinajstić information content (AvgIpc) is 3.40. The van der Waals surface area contributed by atoms with E-state index in [1.165, 1.54) is 5.56 Å². The Morgan fingerprint density at radius 3 is 2.83 bits per heavy atom. The molecule has 1 fully saturated rings. The number of fused-ring (bicyclic) bond motifs is 1. The van der Waals surface area contributed by atoms with Gasteiger partial charge in [-0.3, -0.25) is 9.48 Å². The second kappa shape index (κ2) is 7.82. The van der Waals surface area contributed by atoms with Gasteiger partial charge >= 0.3 is 0 Å². The zero-order chi connectivity index (χ0) is 20.5. The van der Waals surface area contributed by atoms with Gasteiger partial charge in [0, 0.05) is 50.8 Å². The molecule has 0 bridgehead atoms. The van der Waals surface area contributed by atoms with Crippen molar-refractivity contribution in [2.24, 2.45) is 7.05 Å². The Balaban J connectivity index is 1.24. The van der Waals surface area contributed by atoms with E-state index in [0.717, 1.165) is 56.1 Å². The molecule has 30 heavy (non-hydrogen) atoms. The highest BCUT2D eigenvalue weighted by atomic mass is 16.2. The normalized spacial score (nSPS) is 18.4. The fourth-order valence-electron chi connectivity index (χ4n) is 4.42. The predicted octanol–water partition coefficient (Wildman–Crippen LogP) is 3.10. The van der Waals surface area contributed by atoms with Crippen LogP contribution in [0.4, 0.5) is 17.2 Å². The molecule has 1 amide bonds. The Morgan fingerprint density at radius 2 is 2.03 bits per heavy atom. The van der Waals surface area contributed by atoms with Crippen molar-refractivity contribution >= 4 is 23.1 Å². The van der Waals surface area contributed by atoms with Crippen molar-refractivity contribution < 1.29 is 4.79 Å². The van der Waals surface area contributed by atoms with Crippen molar-refractivity contribution in [2.45, 2.75) is 25.3 Å². The van der Waals surface area contributed by atoms with Crippen LogP contribution < -0.4 is 15.1 Å². The topological polar surface area (TPSA) is 66.3 Å². The molecule has 5 rings (SSSR count). The van der Waals surface area contributed by atoms with Crippen LogP contribution in [0.1, 0.15) is 28.8 Å². The minimum absolute atomic E-state index is 0.0134. The average molecular weight is 403 g/mol. The van der Waals surface area contributed by atoms with Crippen LogP contribution in [0.5, 0.6) is 0 Å². The van der Waals surface area contributed by atoms with Gasteiger partial charge in [0.05, 0.1) is 17.4 Å². The molecule has 3 aromatic rings. The minimum Gasteiger partial charge on any atom is -0.367 e. The third-order valence-corrected chi connectivity index (χ3v) is 5.97. The van der Waals surface area contributed by atoms with Crippen molar-refractivity contribution in [1.29, 1.82) is 0 Å². The van der Waals surface area contributed by atoms with Gasteiger partial charge < -0.3 is 15.1 Å². The second-order valence-electron chi connectivity index (χ2n) is 8.07. The number of para-hydroxylation sites is 1. The minimum atomic E-state index is 0.0134. The first-order valence-corrected chi connectivity index (χ1v) is 10.5. The SMILES string of the molecule is Cn1cc(N2CCCC(Nc3ccc(C(=O)N4CCc5ccccc54)cn3)C2)cn1. The molecule has 2 aliphatic heterocycles. The van der Waals surface area contributed by atoms with Gasteiger partial charge in [0.1, 0.15) is 5.82 Å². The number of pyridine rings is 1. The zero-order valence-corrected chi connectivity index (χ0v) is 17.2. The number of benzene rings is 1. The van der Waals surface area contributed by atoms with Gasteiger partial charge in [-0.15, -0.1) is 0 Å². The maximum atomic E-state index is 13.0. The largest absolute Gasteiger partial charge is 0.367 e. The molecule has 7 heteroatoms. The van der Waals surface area contributed by atoms with E-state index in [1.54, 1.807) is 6.20 Å². The van der Waals surface area contributed by atoms with E-state index >= 15 is 0 Å². The highest BCUT2D eigenvalue weighted by Gasteiger charge is 2.25. The zero-order valence-electron chi connectivity index (χ0n) is 17.2. The van der Waals surface area contributed by atoms with Crippen LogP contribution in [0.15, 0.2) is 55.0 Å². The van der Waals surface area contributed by atoms with Gasteiger partial charge in [0.15, 0.2) is 0 Å². The van der Waals surface area contributed by atoms with Gasteiger partial charge in [0.25, 0.3) is 5.91 Å². The van der Waals surface area contributed by atoms with Crippen LogP contribution in [0.2, 0.25) is 0 Å². The highest BCUT2D eigenvalue weighted by Crippen LogP contribution is 2.29. The van der Waals surface area contributed by atoms with Crippen molar-refractivity contribution in [3.8, 4) is 0 Å². The molecule has 0 spiro atoms. The third kappa shape index (κ3) is 3.63. The van der Waals surface area contributed by atoms with Gasteiger partial charge in [0.2, 0.25) is 0 Å². The molecular weight excluding hydrogens is 376 g/mol. The van der Waals surface area contributed by atoms with Crippen LogP contribution >= 0.6 is 0 Å². The Bertz CT molecular complexity index is 1040. The van der Waals surface area contributed by atoms with E-state index in [0.29, 0.717) is 11.6 Å². The van der Waals surface area contributed by atoms with Gasteiger partial charge in [-0.1, -0.05) is 18.2 Å². The number of carbonyl (C=O) groups is 1. The quantitative estimate of drug-likeness (QED) is 0.726. The van der Waals surface area contributed by atoms with Crippen molar-refractivity contribution in [1.82, 2.24) is 14.8 Å². The summed E-state index contributed by atoms with van der Waals surface area (Å²) in [6.45, 7) is 2.69. The number of anilines is 3. The third-order valence-electron chi connectivity index (χ3n) is 5.97. The Labute approximate surface area is 176 Å². The summed E-state index contributed by atoms with van der Waals surface area (Å²) in [7, 11) is 1.94. The molecule has 1 saturated heterocycles. The molecule has 1 N–H and O–H groups in total. The standard InChI is InChI=1S/C23H26N6O/c1-27-16-20(14-25-27)28-11-4-6-19(15-28)26-22-9-8-18(13-24-22)23(30)29-12-10-17-5-2-3-7-21(17)29/h2-3,5,7-9,13-14,16,19H,4,6,10-12,15H2,1H3,(H,24,26). The van der Waals surface area contributed by atoms with E-state index < -0.39 is 0 Å². The number of nitrogens with zero attached hydrogens (tertiary/aromatic N) is 5. The summed E-state index contributed by atoms with van der Waals surface area (Å²) in [6, 6.07) is 12.2. The summed E-state index contributed by atoms with van der Waals surface area (Å²) in [5, 5.41) is 7.81. The van der Waals surface area contributed by atoms with E-state index in [-0.39, 0.29) is 5.91 Å². The fraction of sp³-hybridized carbons (Fsp3) is 0.348. The molecule has 0 saturated carbocycles. The van der Waals surface area contributed by atoms with Crippen LogP contribution in [-0.4, -0.2) is 46.3 Å². The van der Waals surface area contributed by atoms with Crippen molar-refractivity contribution in [3.63, 3.8) is 0 Å². The van der Waals surface area contributed by atoms with Gasteiger partial charge in [-0.05, 0) is 43.0 Å². The summed E-state index contributed by atoms with van der Waals surface area (Å²) < 4.78 is 1.84. The van der Waals surface area contributed by atoms with E-state index in [9.17, 15) is 4.79 Å². The summed E-state index contributed by atoms with van der Waals surface area (Å²) >= 11 is 0. The van der Waals surface area contributed by atoms with Gasteiger partial charge in [-0.25, -0.2) is 4.98 Å². The number of nitrogens with one attached hydrogen (secondary N) is 1. The Morgan fingerprint density at radius 1 is 1.13 bits per heavy atom. The van der Waals surface area contributed by atoms with Crippen LogP contribution in [0.25, 0.3) is 0 Å². The van der Waals surface area contributed by atoms with E-state index in [2.05, 4.69) is 32.6 Å². The molecule has 1 atom stereocenters. The molecule has 2 aromatic heterocycles. The molecule has 0 aliphatic carbocycles. The molecule has 2 aliphatic rings. The Kier molecular flexibility index (Phi) is 4.86. The number of piperidine rings is 1. The van der Waals surface area contributed by atoms with Crippen LogP contribution in [-0.2, 0) is 13.5 Å². The molecule has 4 heterocycles. The van der Waals surface area contributed by atoms with E-state index in [4.69, 9.17) is 0 Å². The number of rotatable bonds is 4. The van der Waals surface area contributed by atoms with Crippen molar-refractivity contribution in [2.75, 3.05) is 34.8 Å². The van der Waals surface area contributed by atoms with E-state index in [1.807, 2.05) is 53.2 Å². The molecule has 0 radical (unpaired) electrons. The maximum Gasteiger partial charge on any atom is 0.259 e. The molecule has 7 nitrogen and oxygen atoms in total. The number of amides is 1. The van der Waals surface area contributed by atoms with Crippen LogP contribution in [0.3, 0.4) is 0 Å². The summed E-state index contributed by atoms with van der Waals surface area (Å²) in [4.78, 5) is 21.7. The highest BCUT2D eigenvalue weighted by molar-refractivity contribution is 6.07. The lowest BCUT2D eigenvalue weighted by atomic mass is 10.1. The predicted molar refractivity (Wildman–Crippen MR) is 118 cm³/mol. The lowest BCUT2D eigenvalue weighted by Gasteiger charge is -2.34. The first-order valence-electron chi connectivity index (χ1n) is 10.5. The number of hydrogen-bond acceptors (Lipinski definition) is 5. The number of aromatic nitrogens is 3. The molecular formula is C23H26N6O. The monoisotopic (exact) mass is 402 g/mol. The lowest BCUT2D eigenvalue weighted by Crippen LogP contribution is -2.42. The first kappa shape index (κ1) is 18.7.